The highest BCUT2D eigenvalue weighted by molar-refractivity contribution is 5.26. The number of hydrogen-bond acceptors (Lipinski definition) is 2. The third-order valence-electron chi connectivity index (χ3n) is 2.03. The van der Waals surface area contributed by atoms with E-state index in [4.69, 9.17) is 5.90 Å². The number of hydrogen-bond donors (Lipinski definition) is 1. The van der Waals surface area contributed by atoms with Crippen molar-refractivity contribution in [3.8, 4) is 0 Å². The molecule has 1 rings (SSSR count). The summed E-state index contributed by atoms with van der Waals surface area (Å²) in [6, 6.07) is 5.03. The molecule has 2 nitrogen and oxygen atoms in total. The summed E-state index contributed by atoms with van der Waals surface area (Å²) in [5.74, 6) is 4.72. The molecule has 0 radical (unpaired) electrons. The van der Waals surface area contributed by atoms with Crippen molar-refractivity contribution in [2.75, 3.05) is 6.61 Å². The second-order valence-corrected chi connectivity index (χ2v) is 3.26. The maximum atomic E-state index is 13.2. The maximum absolute atomic E-state index is 13.2. The van der Waals surface area contributed by atoms with Crippen molar-refractivity contribution >= 4 is 0 Å². The minimum atomic E-state index is -0.199. The Morgan fingerprint density at radius 2 is 2.23 bits per heavy atom. The molecule has 0 spiro atoms. The molecule has 1 unspecified atom stereocenters. The highest BCUT2D eigenvalue weighted by atomic mass is 19.1. The summed E-state index contributed by atoms with van der Waals surface area (Å²) in [5.41, 5.74) is 1.70. The molecule has 3 heteroatoms. The summed E-state index contributed by atoms with van der Waals surface area (Å²) in [6.45, 7) is 4.14. The average Bonchev–Trinajstić information content (AvgIpc) is 2.09. The first-order chi connectivity index (χ1) is 6.15. The Morgan fingerprint density at radius 3 is 2.85 bits per heavy atom. The van der Waals surface area contributed by atoms with E-state index >= 15 is 0 Å². The van der Waals surface area contributed by atoms with Gasteiger partial charge in [0.25, 0.3) is 0 Å². The molecule has 1 atom stereocenters. The number of halogens is 1. The summed E-state index contributed by atoms with van der Waals surface area (Å²) in [6.07, 6.45) is 0. The van der Waals surface area contributed by atoms with Crippen LogP contribution in [0.2, 0.25) is 0 Å². The lowest BCUT2D eigenvalue weighted by atomic mass is 10.00. The second-order valence-electron chi connectivity index (χ2n) is 3.26. The molecule has 0 aromatic heterocycles. The molecule has 2 N–H and O–H groups in total. The van der Waals surface area contributed by atoms with Gasteiger partial charge in [0.05, 0.1) is 6.61 Å². The second kappa shape index (κ2) is 4.35. The largest absolute Gasteiger partial charge is 0.304 e. The predicted octanol–water partition coefficient (Wildman–Crippen LogP) is 2.13. The van der Waals surface area contributed by atoms with Gasteiger partial charge >= 0.3 is 0 Å². The highest BCUT2D eigenvalue weighted by Gasteiger charge is 2.10. The van der Waals surface area contributed by atoms with Gasteiger partial charge in [-0.15, -0.1) is 0 Å². The molecule has 0 bridgehead atoms. The van der Waals surface area contributed by atoms with E-state index < -0.39 is 0 Å². The zero-order valence-corrected chi connectivity index (χ0v) is 7.88. The minimum Gasteiger partial charge on any atom is -0.304 e. The van der Waals surface area contributed by atoms with Crippen molar-refractivity contribution < 1.29 is 9.23 Å². The topological polar surface area (TPSA) is 35.2 Å². The SMILES string of the molecule is Cc1ccc(F)c(C(C)CON)c1. The fourth-order valence-corrected chi connectivity index (χ4v) is 1.27. The third kappa shape index (κ3) is 2.50. The van der Waals surface area contributed by atoms with E-state index in [9.17, 15) is 4.39 Å². The van der Waals surface area contributed by atoms with E-state index in [1.165, 1.54) is 6.07 Å². The summed E-state index contributed by atoms with van der Waals surface area (Å²) in [7, 11) is 0. The van der Waals surface area contributed by atoms with Gasteiger partial charge in [-0.1, -0.05) is 24.6 Å². The van der Waals surface area contributed by atoms with E-state index in [-0.39, 0.29) is 11.7 Å². The lowest BCUT2D eigenvalue weighted by Crippen LogP contribution is -2.10. The summed E-state index contributed by atoms with van der Waals surface area (Å²) >= 11 is 0. The number of benzene rings is 1. The van der Waals surface area contributed by atoms with E-state index in [0.717, 1.165) is 5.56 Å². The van der Waals surface area contributed by atoms with Crippen LogP contribution in [0.15, 0.2) is 18.2 Å². The van der Waals surface area contributed by atoms with Gasteiger partial charge in [0.15, 0.2) is 0 Å². The Balaban J connectivity index is 2.91. The zero-order chi connectivity index (χ0) is 9.84. The molecule has 0 fully saturated rings. The molecule has 0 aliphatic carbocycles. The number of nitrogens with two attached hydrogens (primary N) is 1. The molecular formula is C10H14FNO. The van der Waals surface area contributed by atoms with Gasteiger partial charge in [-0.3, -0.25) is 0 Å². The Labute approximate surface area is 77.5 Å². The van der Waals surface area contributed by atoms with Crippen molar-refractivity contribution in [3.63, 3.8) is 0 Å². The van der Waals surface area contributed by atoms with Gasteiger partial charge in [0.1, 0.15) is 5.82 Å². The summed E-state index contributed by atoms with van der Waals surface area (Å²) in [5, 5.41) is 0. The number of rotatable bonds is 3. The predicted molar refractivity (Wildman–Crippen MR) is 49.7 cm³/mol. The van der Waals surface area contributed by atoms with Crippen LogP contribution in [-0.4, -0.2) is 6.61 Å². The smallest absolute Gasteiger partial charge is 0.126 e. The Kier molecular flexibility index (Phi) is 3.39. The van der Waals surface area contributed by atoms with Crippen LogP contribution in [0.1, 0.15) is 24.0 Å². The van der Waals surface area contributed by atoms with Crippen LogP contribution >= 0.6 is 0 Å². The first-order valence-corrected chi connectivity index (χ1v) is 4.23. The van der Waals surface area contributed by atoms with Gasteiger partial charge in [-0.2, -0.15) is 0 Å². The van der Waals surface area contributed by atoms with Gasteiger partial charge < -0.3 is 4.84 Å². The van der Waals surface area contributed by atoms with Crippen LogP contribution in [0.3, 0.4) is 0 Å². The van der Waals surface area contributed by atoms with Crippen molar-refractivity contribution in [1.29, 1.82) is 0 Å². The Hall–Kier alpha value is -0.930. The zero-order valence-electron chi connectivity index (χ0n) is 7.88. The van der Waals surface area contributed by atoms with Gasteiger partial charge in [0, 0.05) is 5.92 Å². The molecule has 72 valence electrons. The van der Waals surface area contributed by atoms with Crippen LogP contribution in [-0.2, 0) is 4.84 Å². The Morgan fingerprint density at radius 1 is 1.54 bits per heavy atom. The fraction of sp³-hybridized carbons (Fsp3) is 0.400. The van der Waals surface area contributed by atoms with Gasteiger partial charge in [-0.05, 0) is 18.6 Å². The quantitative estimate of drug-likeness (QED) is 0.728. The van der Waals surface area contributed by atoms with Crippen molar-refractivity contribution in [1.82, 2.24) is 0 Å². The van der Waals surface area contributed by atoms with E-state index in [0.29, 0.717) is 12.2 Å². The molecule has 0 heterocycles. The van der Waals surface area contributed by atoms with Gasteiger partial charge in [-0.25, -0.2) is 10.3 Å². The number of aryl methyl sites for hydroxylation is 1. The van der Waals surface area contributed by atoms with Gasteiger partial charge in [0.2, 0.25) is 0 Å². The summed E-state index contributed by atoms with van der Waals surface area (Å²) in [4.78, 5) is 4.49. The van der Waals surface area contributed by atoms with E-state index in [1.807, 2.05) is 19.9 Å². The molecule has 0 saturated carbocycles. The molecule has 13 heavy (non-hydrogen) atoms. The van der Waals surface area contributed by atoms with Crippen molar-refractivity contribution in [2.45, 2.75) is 19.8 Å². The third-order valence-corrected chi connectivity index (χ3v) is 2.03. The van der Waals surface area contributed by atoms with Crippen LogP contribution < -0.4 is 5.90 Å². The van der Waals surface area contributed by atoms with Crippen molar-refractivity contribution in [2.24, 2.45) is 5.90 Å². The fourth-order valence-electron chi connectivity index (χ4n) is 1.27. The molecule has 0 aliphatic rings. The average molecular weight is 183 g/mol. The van der Waals surface area contributed by atoms with E-state index in [2.05, 4.69) is 4.84 Å². The molecule has 0 amide bonds. The maximum Gasteiger partial charge on any atom is 0.126 e. The molecule has 1 aromatic rings. The van der Waals surface area contributed by atoms with Crippen LogP contribution in [0.4, 0.5) is 4.39 Å². The monoisotopic (exact) mass is 183 g/mol. The molecular weight excluding hydrogens is 169 g/mol. The minimum absolute atomic E-state index is 0.00935. The lowest BCUT2D eigenvalue weighted by molar-refractivity contribution is 0.126. The standard InChI is InChI=1S/C10H14FNO/c1-7-3-4-10(11)9(5-7)8(2)6-13-12/h3-5,8H,6,12H2,1-2H3. The summed E-state index contributed by atoms with van der Waals surface area (Å²) < 4.78 is 13.2. The van der Waals surface area contributed by atoms with Crippen LogP contribution in [0.25, 0.3) is 0 Å². The van der Waals surface area contributed by atoms with Crippen LogP contribution in [0.5, 0.6) is 0 Å². The lowest BCUT2D eigenvalue weighted by Gasteiger charge is -2.11. The van der Waals surface area contributed by atoms with E-state index in [1.54, 1.807) is 6.07 Å². The molecule has 0 saturated heterocycles. The first-order valence-electron chi connectivity index (χ1n) is 4.23. The van der Waals surface area contributed by atoms with Crippen molar-refractivity contribution in [3.05, 3.63) is 35.1 Å². The Bertz CT molecular complexity index is 288. The highest BCUT2D eigenvalue weighted by Crippen LogP contribution is 2.19. The molecule has 0 aliphatic heterocycles. The normalized spacial score (nSPS) is 12.9. The molecule has 1 aromatic carbocycles. The first kappa shape index (κ1) is 10.2. The van der Waals surface area contributed by atoms with Crippen LogP contribution in [0, 0.1) is 12.7 Å².